The molecule has 3 aromatic rings. The molecule has 5 nitrogen and oxygen atoms in total. The van der Waals surface area contributed by atoms with E-state index in [4.69, 9.17) is 9.47 Å². The molecule has 0 aliphatic rings. The van der Waals surface area contributed by atoms with Crippen LogP contribution < -0.4 is 0 Å². The van der Waals surface area contributed by atoms with E-state index in [9.17, 15) is 18.4 Å². The summed E-state index contributed by atoms with van der Waals surface area (Å²) in [6.07, 6.45) is -0.755. The summed E-state index contributed by atoms with van der Waals surface area (Å²) in [5.74, 6) is -3.70. The summed E-state index contributed by atoms with van der Waals surface area (Å²) in [4.78, 5) is 26.4. The average molecular weight is 558 g/mol. The molecular formula is C28H26BrF2NO4. The fourth-order valence-electron chi connectivity index (χ4n) is 3.56. The van der Waals surface area contributed by atoms with Gasteiger partial charge in [-0.2, -0.15) is 8.78 Å². The minimum atomic E-state index is -3.61. The molecule has 0 radical (unpaired) electrons. The predicted molar refractivity (Wildman–Crippen MR) is 137 cm³/mol. The van der Waals surface area contributed by atoms with E-state index in [0.29, 0.717) is 22.4 Å². The van der Waals surface area contributed by atoms with Crippen LogP contribution >= 0.6 is 15.9 Å². The van der Waals surface area contributed by atoms with Crippen molar-refractivity contribution in [1.29, 1.82) is 0 Å². The molecule has 0 heterocycles. The number of carbonyl (C=O) groups excluding carboxylic acids is 2. The van der Waals surface area contributed by atoms with E-state index < -0.39 is 35.2 Å². The van der Waals surface area contributed by atoms with E-state index in [2.05, 4.69) is 20.9 Å². The lowest BCUT2D eigenvalue weighted by Gasteiger charge is -2.27. The molecule has 2 atom stereocenters. The van der Waals surface area contributed by atoms with Crippen molar-refractivity contribution < 1.29 is 27.8 Å². The molecule has 2 unspecified atom stereocenters. The second-order valence-electron chi connectivity index (χ2n) is 7.91. The average Bonchev–Trinajstić information content (AvgIpc) is 2.88. The van der Waals surface area contributed by atoms with E-state index in [1.165, 1.54) is 0 Å². The minimum absolute atomic E-state index is 0.0319. The van der Waals surface area contributed by atoms with Gasteiger partial charge >= 0.3 is 16.8 Å². The molecule has 0 aromatic heterocycles. The normalized spacial score (nSPS) is 12.8. The standard InChI is InChI=1S/C28H26BrF2NO4/c1-2-35-27(34)26(32-25(21-14-8-4-9-15-21)22-16-10-5-11-17-22)23(28(29,30)31)18-24(33)36-19-20-12-6-3-7-13-20/h3-17,23,26H,2,18-19H2,1H3. The largest absolute Gasteiger partial charge is 0.464 e. The maximum Gasteiger partial charge on any atom is 0.331 e. The molecule has 0 aliphatic heterocycles. The van der Waals surface area contributed by atoms with Crippen molar-refractivity contribution in [3.63, 3.8) is 0 Å². The second-order valence-corrected chi connectivity index (χ2v) is 8.96. The number of nitrogens with zero attached hydrogens (tertiary/aromatic N) is 1. The quantitative estimate of drug-likeness (QED) is 0.160. The summed E-state index contributed by atoms with van der Waals surface area (Å²) >= 11 is 2.37. The van der Waals surface area contributed by atoms with Gasteiger partial charge in [0, 0.05) is 11.1 Å². The zero-order valence-electron chi connectivity index (χ0n) is 19.7. The topological polar surface area (TPSA) is 65.0 Å². The number of esters is 2. The van der Waals surface area contributed by atoms with E-state index >= 15 is 0 Å². The first-order valence-electron chi connectivity index (χ1n) is 11.4. The van der Waals surface area contributed by atoms with Crippen LogP contribution in [0.5, 0.6) is 0 Å². The number of hydrogen-bond donors (Lipinski definition) is 0. The van der Waals surface area contributed by atoms with E-state index in [1.54, 1.807) is 79.7 Å². The summed E-state index contributed by atoms with van der Waals surface area (Å²) < 4.78 is 40.0. The molecule has 0 N–H and O–H groups in total. The van der Waals surface area contributed by atoms with E-state index in [0.717, 1.165) is 0 Å². The Bertz CT molecular complexity index is 1110. The van der Waals surface area contributed by atoms with Crippen molar-refractivity contribution in [2.45, 2.75) is 30.8 Å². The van der Waals surface area contributed by atoms with Gasteiger partial charge in [-0.1, -0.05) is 91.0 Å². The van der Waals surface area contributed by atoms with Gasteiger partial charge in [-0.3, -0.25) is 9.79 Å². The predicted octanol–water partition coefficient (Wildman–Crippen LogP) is 6.19. The van der Waals surface area contributed by atoms with Crippen LogP contribution in [0.25, 0.3) is 0 Å². The highest BCUT2D eigenvalue weighted by Crippen LogP contribution is 2.38. The maximum absolute atomic E-state index is 14.8. The van der Waals surface area contributed by atoms with Gasteiger partial charge in [-0.05, 0) is 28.4 Å². The summed E-state index contributed by atoms with van der Waals surface area (Å²) in [6.45, 7) is 1.46. The van der Waals surface area contributed by atoms with Crippen LogP contribution in [-0.2, 0) is 25.7 Å². The summed E-state index contributed by atoms with van der Waals surface area (Å²) in [6, 6.07) is 25.0. The molecule has 0 bridgehead atoms. The van der Waals surface area contributed by atoms with Crippen LogP contribution in [-0.4, -0.2) is 35.1 Å². The number of aliphatic imine (C=N–C) groups is 1. The lowest BCUT2D eigenvalue weighted by atomic mass is 9.95. The minimum Gasteiger partial charge on any atom is -0.464 e. The molecule has 3 aromatic carbocycles. The SMILES string of the molecule is CCOC(=O)C(N=C(c1ccccc1)c1ccccc1)C(CC(=O)OCc1ccccc1)C(F)(F)Br. The van der Waals surface area contributed by atoms with Gasteiger partial charge in [0.25, 0.3) is 0 Å². The van der Waals surface area contributed by atoms with Gasteiger partial charge < -0.3 is 9.47 Å². The lowest BCUT2D eigenvalue weighted by molar-refractivity contribution is -0.153. The summed E-state index contributed by atoms with van der Waals surface area (Å²) in [5.41, 5.74) is 2.29. The molecule has 0 saturated heterocycles. The zero-order chi connectivity index (χ0) is 26.0. The molecule has 0 amide bonds. The Hall–Kier alpha value is -3.39. The van der Waals surface area contributed by atoms with E-state index in [-0.39, 0.29) is 13.2 Å². The Balaban J connectivity index is 1.99. The number of hydrogen-bond acceptors (Lipinski definition) is 5. The Labute approximate surface area is 217 Å². The number of ether oxygens (including phenoxy) is 2. The van der Waals surface area contributed by atoms with Crippen molar-refractivity contribution in [2.24, 2.45) is 10.9 Å². The zero-order valence-corrected chi connectivity index (χ0v) is 21.2. The van der Waals surface area contributed by atoms with Gasteiger partial charge in [0.2, 0.25) is 0 Å². The van der Waals surface area contributed by atoms with Crippen molar-refractivity contribution >= 4 is 33.6 Å². The van der Waals surface area contributed by atoms with Crippen molar-refractivity contribution in [3.05, 3.63) is 108 Å². The van der Waals surface area contributed by atoms with E-state index in [1.807, 2.05) is 18.2 Å². The fourth-order valence-corrected chi connectivity index (χ4v) is 3.98. The van der Waals surface area contributed by atoms with Crippen molar-refractivity contribution in [1.82, 2.24) is 0 Å². The van der Waals surface area contributed by atoms with Crippen LogP contribution in [0.3, 0.4) is 0 Å². The van der Waals surface area contributed by atoms with Crippen LogP contribution in [0.4, 0.5) is 8.78 Å². The number of alkyl halides is 3. The summed E-state index contributed by atoms with van der Waals surface area (Å²) in [5, 5.41) is 0. The van der Waals surface area contributed by atoms with Gasteiger partial charge in [0.05, 0.1) is 24.7 Å². The Morgan fingerprint density at radius 3 is 1.83 bits per heavy atom. The molecule has 8 heteroatoms. The Morgan fingerprint density at radius 2 is 1.36 bits per heavy atom. The first kappa shape index (κ1) is 27.2. The summed E-state index contributed by atoms with van der Waals surface area (Å²) in [7, 11) is 0. The number of benzene rings is 3. The first-order valence-corrected chi connectivity index (χ1v) is 12.2. The van der Waals surface area contributed by atoms with Crippen LogP contribution in [0, 0.1) is 5.92 Å². The molecule has 3 rings (SSSR count). The molecule has 0 saturated carbocycles. The first-order chi connectivity index (χ1) is 17.3. The number of halogens is 3. The van der Waals surface area contributed by atoms with Gasteiger partial charge in [-0.25, -0.2) is 4.79 Å². The van der Waals surface area contributed by atoms with Gasteiger partial charge in [0.1, 0.15) is 6.61 Å². The number of rotatable bonds is 11. The highest BCUT2D eigenvalue weighted by Gasteiger charge is 2.47. The molecule has 36 heavy (non-hydrogen) atoms. The molecule has 0 spiro atoms. The van der Waals surface area contributed by atoms with Crippen LogP contribution in [0.1, 0.15) is 30.0 Å². The Morgan fingerprint density at radius 1 is 0.861 bits per heavy atom. The van der Waals surface area contributed by atoms with Gasteiger partial charge in [0.15, 0.2) is 6.04 Å². The third kappa shape index (κ3) is 7.81. The van der Waals surface area contributed by atoms with Crippen molar-refractivity contribution in [2.75, 3.05) is 6.61 Å². The maximum atomic E-state index is 14.8. The number of carbonyl (C=O) groups is 2. The third-order valence-electron chi connectivity index (χ3n) is 5.32. The highest BCUT2D eigenvalue weighted by atomic mass is 79.9. The second kappa shape index (κ2) is 13.1. The van der Waals surface area contributed by atoms with Gasteiger partial charge in [-0.15, -0.1) is 0 Å². The van der Waals surface area contributed by atoms with Crippen molar-refractivity contribution in [3.8, 4) is 0 Å². The molecule has 0 aliphatic carbocycles. The van der Waals surface area contributed by atoms with Crippen LogP contribution in [0.2, 0.25) is 0 Å². The lowest BCUT2D eigenvalue weighted by Crippen LogP contribution is -2.40. The third-order valence-corrected chi connectivity index (χ3v) is 5.91. The fraction of sp³-hybridized carbons (Fsp3) is 0.250. The molecular weight excluding hydrogens is 532 g/mol. The highest BCUT2D eigenvalue weighted by molar-refractivity contribution is 9.10. The smallest absolute Gasteiger partial charge is 0.331 e. The van der Waals surface area contributed by atoms with Crippen LogP contribution in [0.15, 0.2) is 96.0 Å². The molecule has 0 fully saturated rings. The Kier molecular flexibility index (Phi) is 9.87. The monoisotopic (exact) mass is 557 g/mol. The molecule has 188 valence electrons.